The van der Waals surface area contributed by atoms with Gasteiger partial charge in [0.05, 0.1) is 0 Å². The van der Waals surface area contributed by atoms with E-state index in [0.717, 1.165) is 12.8 Å². The van der Waals surface area contributed by atoms with Crippen molar-refractivity contribution in [3.8, 4) is 0 Å². The van der Waals surface area contributed by atoms with Crippen LogP contribution in [0.5, 0.6) is 0 Å². The molecule has 0 atom stereocenters. The summed E-state index contributed by atoms with van der Waals surface area (Å²) in [5, 5.41) is 0. The fourth-order valence-corrected chi connectivity index (χ4v) is 2.95. The lowest BCUT2D eigenvalue weighted by molar-refractivity contribution is -0.139. The molecule has 0 saturated carbocycles. The third-order valence-electron chi connectivity index (χ3n) is 4.17. The molecular formula is C17H28O2. The van der Waals surface area contributed by atoms with Crippen molar-refractivity contribution in [2.45, 2.75) is 66.7 Å². The summed E-state index contributed by atoms with van der Waals surface area (Å²) in [6.07, 6.45) is 8.11. The van der Waals surface area contributed by atoms with E-state index in [0.29, 0.717) is 12.0 Å². The Morgan fingerprint density at radius 1 is 1.37 bits per heavy atom. The van der Waals surface area contributed by atoms with Crippen molar-refractivity contribution in [3.05, 3.63) is 22.8 Å². The Bertz CT molecular complexity index is 386. The molecule has 1 rings (SSSR count). The molecule has 0 amide bonds. The van der Waals surface area contributed by atoms with Crippen molar-refractivity contribution in [1.82, 2.24) is 0 Å². The van der Waals surface area contributed by atoms with Gasteiger partial charge in [0.15, 0.2) is 0 Å². The normalized spacial score (nSPS) is 19.5. The highest BCUT2D eigenvalue weighted by molar-refractivity contribution is 5.66. The molecule has 0 aromatic heterocycles. The molecule has 0 bridgehead atoms. The van der Waals surface area contributed by atoms with E-state index in [9.17, 15) is 4.79 Å². The zero-order valence-corrected chi connectivity index (χ0v) is 13.1. The summed E-state index contributed by atoms with van der Waals surface area (Å²) < 4.78 is 4.94. The smallest absolute Gasteiger partial charge is 0.302 e. The molecule has 0 N–H and O–H groups in total. The van der Waals surface area contributed by atoms with Crippen LogP contribution in [0.25, 0.3) is 0 Å². The molecule has 2 heteroatoms. The number of carbonyl (C=O) groups is 1. The van der Waals surface area contributed by atoms with E-state index in [1.165, 1.54) is 31.8 Å². The molecule has 19 heavy (non-hydrogen) atoms. The van der Waals surface area contributed by atoms with Crippen molar-refractivity contribution in [2.24, 2.45) is 5.41 Å². The van der Waals surface area contributed by atoms with Crippen molar-refractivity contribution in [2.75, 3.05) is 6.61 Å². The number of hydrogen-bond acceptors (Lipinski definition) is 2. The topological polar surface area (TPSA) is 26.3 Å². The summed E-state index contributed by atoms with van der Waals surface area (Å²) in [4.78, 5) is 10.7. The maximum absolute atomic E-state index is 10.7. The van der Waals surface area contributed by atoms with Crippen molar-refractivity contribution in [1.29, 1.82) is 0 Å². The standard InChI is InChI=1S/C17H28O2/c1-13(10-12-19-15(3)18)8-9-16-14(2)7-6-11-17(16,4)5/h10H,6-9,11-12H2,1-5H3/b13-10-. The van der Waals surface area contributed by atoms with Crippen molar-refractivity contribution in [3.63, 3.8) is 0 Å². The molecule has 2 nitrogen and oxygen atoms in total. The van der Waals surface area contributed by atoms with Gasteiger partial charge in [-0.25, -0.2) is 0 Å². The molecule has 0 radical (unpaired) electrons. The van der Waals surface area contributed by atoms with E-state index in [1.54, 1.807) is 11.1 Å². The second kappa shape index (κ2) is 6.93. The van der Waals surface area contributed by atoms with Gasteiger partial charge in [0.25, 0.3) is 0 Å². The summed E-state index contributed by atoms with van der Waals surface area (Å²) in [6, 6.07) is 0. The van der Waals surface area contributed by atoms with Crippen molar-refractivity contribution >= 4 is 5.97 Å². The average molecular weight is 264 g/mol. The third kappa shape index (κ3) is 5.22. The molecule has 0 fully saturated rings. The average Bonchev–Trinajstić information content (AvgIpc) is 2.26. The Labute approximate surface area is 117 Å². The zero-order chi connectivity index (χ0) is 14.5. The highest BCUT2D eigenvalue weighted by atomic mass is 16.5. The van der Waals surface area contributed by atoms with Gasteiger partial charge in [-0.05, 0) is 57.4 Å². The minimum Gasteiger partial charge on any atom is -0.462 e. The molecule has 0 spiro atoms. The predicted molar refractivity (Wildman–Crippen MR) is 80.0 cm³/mol. The molecule has 0 aromatic carbocycles. The highest BCUT2D eigenvalue weighted by Gasteiger charge is 2.27. The summed E-state index contributed by atoms with van der Waals surface area (Å²) in [7, 11) is 0. The monoisotopic (exact) mass is 264 g/mol. The van der Waals surface area contributed by atoms with Gasteiger partial charge < -0.3 is 4.74 Å². The second-order valence-electron chi connectivity index (χ2n) is 6.35. The van der Waals surface area contributed by atoms with Crippen LogP contribution in [-0.4, -0.2) is 12.6 Å². The first kappa shape index (κ1) is 16.0. The number of allylic oxidation sites excluding steroid dienone is 3. The summed E-state index contributed by atoms with van der Waals surface area (Å²) in [5.74, 6) is -0.212. The van der Waals surface area contributed by atoms with E-state index >= 15 is 0 Å². The zero-order valence-electron chi connectivity index (χ0n) is 13.1. The number of ether oxygens (including phenoxy) is 1. The summed E-state index contributed by atoms with van der Waals surface area (Å²) >= 11 is 0. The van der Waals surface area contributed by atoms with Crippen LogP contribution in [-0.2, 0) is 9.53 Å². The van der Waals surface area contributed by atoms with Crippen LogP contribution >= 0.6 is 0 Å². The molecule has 0 heterocycles. The van der Waals surface area contributed by atoms with Gasteiger partial charge in [0.1, 0.15) is 6.61 Å². The maximum atomic E-state index is 10.7. The van der Waals surface area contributed by atoms with Gasteiger partial charge in [-0.15, -0.1) is 0 Å². The van der Waals surface area contributed by atoms with Crippen LogP contribution in [0.15, 0.2) is 22.8 Å². The first-order chi connectivity index (χ1) is 8.83. The van der Waals surface area contributed by atoms with E-state index in [4.69, 9.17) is 4.74 Å². The van der Waals surface area contributed by atoms with Crippen LogP contribution in [0, 0.1) is 5.41 Å². The molecule has 0 aliphatic heterocycles. The molecular weight excluding hydrogens is 236 g/mol. The quantitative estimate of drug-likeness (QED) is 0.526. The SMILES string of the molecule is CC(=O)OC/C=C(/C)CCC1=C(C)CCCC1(C)C. The van der Waals surface area contributed by atoms with Crippen LogP contribution in [0.1, 0.15) is 66.7 Å². The van der Waals surface area contributed by atoms with Gasteiger partial charge in [-0.1, -0.05) is 30.6 Å². The lowest BCUT2D eigenvalue weighted by Gasteiger charge is -2.34. The van der Waals surface area contributed by atoms with Crippen LogP contribution in [0.3, 0.4) is 0 Å². The summed E-state index contributed by atoms with van der Waals surface area (Å²) in [5.41, 5.74) is 4.89. The minimum atomic E-state index is -0.212. The van der Waals surface area contributed by atoms with E-state index in [-0.39, 0.29) is 5.97 Å². The molecule has 1 aliphatic rings. The Balaban J connectivity index is 2.53. The second-order valence-corrected chi connectivity index (χ2v) is 6.35. The maximum Gasteiger partial charge on any atom is 0.302 e. The van der Waals surface area contributed by atoms with Gasteiger partial charge >= 0.3 is 5.97 Å². The Hall–Kier alpha value is -1.05. The first-order valence-corrected chi connectivity index (χ1v) is 7.31. The molecule has 0 saturated heterocycles. The lowest BCUT2D eigenvalue weighted by Crippen LogP contribution is -2.20. The first-order valence-electron chi connectivity index (χ1n) is 7.31. The predicted octanol–water partition coefficient (Wildman–Crippen LogP) is 4.80. The van der Waals surface area contributed by atoms with Crippen LogP contribution in [0.4, 0.5) is 0 Å². The van der Waals surface area contributed by atoms with Crippen LogP contribution in [0.2, 0.25) is 0 Å². The Kier molecular flexibility index (Phi) is 5.84. The van der Waals surface area contributed by atoms with Crippen LogP contribution < -0.4 is 0 Å². The lowest BCUT2D eigenvalue weighted by atomic mass is 9.71. The minimum absolute atomic E-state index is 0.212. The van der Waals surface area contributed by atoms with Gasteiger partial charge in [-0.3, -0.25) is 4.79 Å². The van der Waals surface area contributed by atoms with Gasteiger partial charge in [-0.2, -0.15) is 0 Å². The van der Waals surface area contributed by atoms with E-state index in [2.05, 4.69) is 27.7 Å². The highest BCUT2D eigenvalue weighted by Crippen LogP contribution is 2.42. The van der Waals surface area contributed by atoms with Crippen molar-refractivity contribution < 1.29 is 9.53 Å². The largest absolute Gasteiger partial charge is 0.462 e. The molecule has 108 valence electrons. The molecule has 0 aromatic rings. The number of carbonyl (C=O) groups excluding carboxylic acids is 1. The Morgan fingerprint density at radius 2 is 2.05 bits per heavy atom. The summed E-state index contributed by atoms with van der Waals surface area (Å²) in [6.45, 7) is 11.0. The number of esters is 1. The van der Waals surface area contributed by atoms with Gasteiger partial charge in [0, 0.05) is 6.92 Å². The number of hydrogen-bond donors (Lipinski definition) is 0. The molecule has 1 aliphatic carbocycles. The molecule has 0 unspecified atom stereocenters. The fraction of sp³-hybridized carbons (Fsp3) is 0.706. The van der Waals surface area contributed by atoms with E-state index in [1.807, 2.05) is 6.08 Å². The fourth-order valence-electron chi connectivity index (χ4n) is 2.95. The third-order valence-corrected chi connectivity index (χ3v) is 4.17. The van der Waals surface area contributed by atoms with E-state index < -0.39 is 0 Å². The number of rotatable bonds is 5. The van der Waals surface area contributed by atoms with Gasteiger partial charge in [0.2, 0.25) is 0 Å². The Morgan fingerprint density at radius 3 is 2.63 bits per heavy atom.